The molecular formula is C8H17NO5. The summed E-state index contributed by atoms with van der Waals surface area (Å²) in [6, 6.07) is -1.27. The summed E-state index contributed by atoms with van der Waals surface area (Å²) in [6.45, 7) is 1.11. The van der Waals surface area contributed by atoms with Gasteiger partial charge in [0.25, 0.3) is 0 Å². The molecule has 0 spiro atoms. The number of hydrogen-bond donors (Lipinski definition) is 6. The Morgan fingerprint density at radius 2 is 1.71 bits per heavy atom. The van der Waals surface area contributed by atoms with Gasteiger partial charge in [0.05, 0.1) is 24.9 Å². The number of hydrogen-bond acceptors (Lipinski definition) is 6. The van der Waals surface area contributed by atoms with Gasteiger partial charge in [-0.05, 0) is 6.92 Å². The smallest absolute Gasteiger partial charge is 0.109 e. The number of aliphatic hydroxyl groups is 5. The first kappa shape index (κ1) is 11.8. The van der Waals surface area contributed by atoms with Crippen LogP contribution in [0.5, 0.6) is 0 Å². The van der Waals surface area contributed by atoms with Crippen molar-refractivity contribution in [3.05, 3.63) is 0 Å². The first-order chi connectivity index (χ1) is 6.49. The summed E-state index contributed by atoms with van der Waals surface area (Å²) >= 11 is 0. The zero-order valence-corrected chi connectivity index (χ0v) is 7.91. The van der Waals surface area contributed by atoms with Gasteiger partial charge >= 0.3 is 0 Å². The monoisotopic (exact) mass is 207 g/mol. The molecule has 1 rings (SSSR count). The van der Waals surface area contributed by atoms with Crippen LogP contribution in [0.4, 0.5) is 0 Å². The predicted octanol–water partition coefficient (Wildman–Crippen LogP) is -3.22. The van der Waals surface area contributed by atoms with Crippen LogP contribution in [-0.2, 0) is 0 Å². The van der Waals surface area contributed by atoms with Gasteiger partial charge in [-0.3, -0.25) is 0 Å². The van der Waals surface area contributed by atoms with Gasteiger partial charge in [-0.1, -0.05) is 0 Å². The first-order valence-electron chi connectivity index (χ1n) is 4.58. The van der Waals surface area contributed by atoms with Crippen LogP contribution in [0.3, 0.4) is 0 Å². The molecule has 3 unspecified atom stereocenters. The highest BCUT2D eigenvalue weighted by Gasteiger charge is 2.42. The first-order valence-corrected chi connectivity index (χ1v) is 4.58. The molecule has 1 saturated heterocycles. The van der Waals surface area contributed by atoms with Gasteiger partial charge in [-0.15, -0.1) is 0 Å². The van der Waals surface area contributed by atoms with Crippen molar-refractivity contribution in [2.24, 2.45) is 0 Å². The Bertz CT molecular complexity index is 191. The highest BCUT2D eigenvalue weighted by atomic mass is 16.4. The normalized spacial score (nSPS) is 46.3. The molecule has 0 bridgehead atoms. The second kappa shape index (κ2) is 4.52. The van der Waals surface area contributed by atoms with Crippen LogP contribution in [0.2, 0.25) is 0 Å². The van der Waals surface area contributed by atoms with Gasteiger partial charge in [0, 0.05) is 6.04 Å². The van der Waals surface area contributed by atoms with Gasteiger partial charge in [0.15, 0.2) is 0 Å². The molecule has 14 heavy (non-hydrogen) atoms. The van der Waals surface area contributed by atoms with Crippen molar-refractivity contribution >= 4 is 0 Å². The Labute approximate surface area is 81.8 Å². The SMILES string of the molecule is CC1N[C@@H]([C@H](O)CO)C(O)C(O)[C@H]1O. The van der Waals surface area contributed by atoms with Crippen LogP contribution in [0.25, 0.3) is 0 Å². The summed E-state index contributed by atoms with van der Waals surface area (Å²) in [5.41, 5.74) is 0. The molecule has 1 heterocycles. The highest BCUT2D eigenvalue weighted by Crippen LogP contribution is 2.17. The molecule has 6 N–H and O–H groups in total. The third kappa shape index (κ3) is 2.05. The molecular weight excluding hydrogens is 190 g/mol. The molecule has 0 aliphatic carbocycles. The molecule has 6 heteroatoms. The summed E-state index contributed by atoms with van der Waals surface area (Å²) < 4.78 is 0. The summed E-state index contributed by atoms with van der Waals surface area (Å²) in [6.07, 6.45) is -4.83. The summed E-state index contributed by atoms with van der Waals surface area (Å²) in [5, 5.41) is 49.0. The molecule has 1 aliphatic rings. The van der Waals surface area contributed by atoms with Crippen LogP contribution in [-0.4, -0.2) is 68.6 Å². The van der Waals surface area contributed by atoms with Gasteiger partial charge in [-0.2, -0.15) is 0 Å². The lowest BCUT2D eigenvalue weighted by molar-refractivity contribution is -0.132. The van der Waals surface area contributed by atoms with E-state index < -0.39 is 43.1 Å². The molecule has 6 atom stereocenters. The highest BCUT2D eigenvalue weighted by molar-refractivity contribution is 4.99. The fraction of sp³-hybridized carbons (Fsp3) is 1.00. The van der Waals surface area contributed by atoms with E-state index in [0.717, 1.165) is 0 Å². The van der Waals surface area contributed by atoms with Gasteiger partial charge in [0.2, 0.25) is 0 Å². The minimum atomic E-state index is -1.31. The number of nitrogens with one attached hydrogen (secondary N) is 1. The van der Waals surface area contributed by atoms with Crippen molar-refractivity contribution < 1.29 is 25.5 Å². The second-order valence-electron chi connectivity index (χ2n) is 3.70. The quantitative estimate of drug-likeness (QED) is 0.284. The van der Waals surface area contributed by atoms with Crippen LogP contribution >= 0.6 is 0 Å². The maximum Gasteiger partial charge on any atom is 0.109 e. The van der Waals surface area contributed by atoms with Gasteiger partial charge < -0.3 is 30.8 Å². The Morgan fingerprint density at radius 1 is 1.14 bits per heavy atom. The van der Waals surface area contributed by atoms with Crippen molar-refractivity contribution in [2.45, 2.75) is 43.4 Å². The molecule has 0 saturated carbocycles. The van der Waals surface area contributed by atoms with E-state index in [9.17, 15) is 20.4 Å². The van der Waals surface area contributed by atoms with Crippen LogP contribution < -0.4 is 5.32 Å². The Balaban J connectivity index is 2.70. The Hall–Kier alpha value is -0.240. The van der Waals surface area contributed by atoms with E-state index in [2.05, 4.69) is 5.32 Å². The van der Waals surface area contributed by atoms with Gasteiger partial charge in [0.1, 0.15) is 12.2 Å². The van der Waals surface area contributed by atoms with Crippen molar-refractivity contribution in [1.29, 1.82) is 0 Å². The van der Waals surface area contributed by atoms with Crippen molar-refractivity contribution in [3.63, 3.8) is 0 Å². The van der Waals surface area contributed by atoms with E-state index in [1.54, 1.807) is 6.92 Å². The maximum absolute atomic E-state index is 9.48. The van der Waals surface area contributed by atoms with Crippen molar-refractivity contribution in [1.82, 2.24) is 5.32 Å². The standard InChI is InChI=1S/C8H17NO5/c1-3-6(12)8(14)7(13)5(9-3)4(11)2-10/h3-14H,2H2,1H3/t3?,4-,5+,6+,7?,8?/m1/s1. The number of piperidine rings is 1. The van der Waals surface area contributed by atoms with Crippen molar-refractivity contribution in [2.75, 3.05) is 6.61 Å². The fourth-order valence-corrected chi connectivity index (χ4v) is 1.66. The minimum Gasteiger partial charge on any atom is -0.394 e. The maximum atomic E-state index is 9.48. The average Bonchev–Trinajstić information content (AvgIpc) is 2.19. The molecule has 1 aliphatic heterocycles. The number of aliphatic hydroxyl groups excluding tert-OH is 5. The van der Waals surface area contributed by atoms with E-state index >= 15 is 0 Å². The molecule has 84 valence electrons. The second-order valence-corrected chi connectivity index (χ2v) is 3.70. The van der Waals surface area contributed by atoms with E-state index in [-0.39, 0.29) is 0 Å². The average molecular weight is 207 g/mol. The molecule has 0 aromatic rings. The molecule has 0 aromatic carbocycles. The third-order valence-corrected chi connectivity index (χ3v) is 2.64. The lowest BCUT2D eigenvalue weighted by Gasteiger charge is -2.41. The van der Waals surface area contributed by atoms with Crippen LogP contribution in [0, 0.1) is 0 Å². The Kier molecular flexibility index (Phi) is 3.82. The van der Waals surface area contributed by atoms with Crippen LogP contribution in [0.15, 0.2) is 0 Å². The van der Waals surface area contributed by atoms with E-state index in [4.69, 9.17) is 5.11 Å². The fourth-order valence-electron chi connectivity index (χ4n) is 1.66. The zero-order chi connectivity index (χ0) is 10.9. The lowest BCUT2D eigenvalue weighted by Crippen LogP contribution is -2.67. The molecule has 6 nitrogen and oxygen atoms in total. The number of rotatable bonds is 2. The van der Waals surface area contributed by atoms with Crippen molar-refractivity contribution in [3.8, 4) is 0 Å². The lowest BCUT2D eigenvalue weighted by atomic mass is 9.88. The van der Waals surface area contributed by atoms with E-state index in [1.165, 1.54) is 0 Å². The predicted molar refractivity (Wildman–Crippen MR) is 47.5 cm³/mol. The minimum absolute atomic E-state index is 0.445. The molecule has 0 amide bonds. The molecule has 0 aromatic heterocycles. The summed E-state index contributed by atoms with van der Waals surface area (Å²) in [4.78, 5) is 0. The van der Waals surface area contributed by atoms with Gasteiger partial charge in [-0.25, -0.2) is 0 Å². The zero-order valence-electron chi connectivity index (χ0n) is 7.91. The molecule has 0 radical (unpaired) electrons. The topological polar surface area (TPSA) is 113 Å². The largest absolute Gasteiger partial charge is 0.394 e. The summed E-state index contributed by atoms with van der Waals surface area (Å²) in [7, 11) is 0. The summed E-state index contributed by atoms with van der Waals surface area (Å²) in [5.74, 6) is 0. The van der Waals surface area contributed by atoms with E-state index in [1.807, 2.05) is 0 Å². The Morgan fingerprint density at radius 3 is 2.21 bits per heavy atom. The third-order valence-electron chi connectivity index (χ3n) is 2.64. The molecule has 1 fully saturated rings. The van der Waals surface area contributed by atoms with Crippen LogP contribution in [0.1, 0.15) is 6.92 Å². The van der Waals surface area contributed by atoms with E-state index in [0.29, 0.717) is 0 Å².